The first-order valence-electron chi connectivity index (χ1n) is 6.55. The minimum absolute atomic E-state index is 0.166. The summed E-state index contributed by atoms with van der Waals surface area (Å²) in [5.74, 6) is 5.26. The summed E-state index contributed by atoms with van der Waals surface area (Å²) in [4.78, 5) is 2.63. The average molecular weight is 325 g/mol. The quantitative estimate of drug-likeness (QED) is 0.562. The lowest BCUT2D eigenvalue weighted by atomic mass is 10.2. The molecule has 0 fully saturated rings. The van der Waals surface area contributed by atoms with Crippen LogP contribution in [0.25, 0.3) is 0 Å². The smallest absolute Gasteiger partial charge is 0.240 e. The van der Waals surface area contributed by atoms with Gasteiger partial charge in [0.1, 0.15) is 0 Å². The predicted octanol–water partition coefficient (Wildman–Crippen LogP) is 2.25. The molecular weight excluding hydrogens is 306 g/mol. The van der Waals surface area contributed by atoms with E-state index in [2.05, 4.69) is 10.1 Å². The zero-order valence-electron chi connectivity index (χ0n) is 12.0. The number of rotatable bonds is 6. The van der Waals surface area contributed by atoms with Crippen molar-refractivity contribution < 1.29 is 8.42 Å². The van der Waals surface area contributed by atoms with E-state index in [1.807, 2.05) is 26.0 Å². The van der Waals surface area contributed by atoms with Gasteiger partial charge in [-0.3, -0.25) is 5.84 Å². The lowest BCUT2D eigenvalue weighted by molar-refractivity contribution is 0.561. The second-order valence-corrected chi connectivity index (χ2v) is 7.99. The van der Waals surface area contributed by atoms with Gasteiger partial charge in [0.2, 0.25) is 10.0 Å². The summed E-state index contributed by atoms with van der Waals surface area (Å²) in [6.45, 7) is 3.90. The number of anilines is 1. The second kappa shape index (κ2) is 6.57. The molecule has 0 amide bonds. The van der Waals surface area contributed by atoms with Gasteiger partial charge >= 0.3 is 0 Å². The molecule has 7 heteroatoms. The summed E-state index contributed by atoms with van der Waals surface area (Å²) < 4.78 is 27.3. The van der Waals surface area contributed by atoms with Crippen LogP contribution in [0.2, 0.25) is 0 Å². The van der Waals surface area contributed by atoms with Crippen molar-refractivity contribution in [1.29, 1.82) is 0 Å². The van der Waals surface area contributed by atoms with Gasteiger partial charge in [-0.15, -0.1) is 11.3 Å². The number of sulfonamides is 1. The van der Waals surface area contributed by atoms with E-state index < -0.39 is 10.0 Å². The molecule has 0 aliphatic carbocycles. The van der Waals surface area contributed by atoms with Gasteiger partial charge in [0.25, 0.3) is 0 Å². The van der Waals surface area contributed by atoms with Crippen LogP contribution in [-0.4, -0.2) is 14.5 Å². The van der Waals surface area contributed by atoms with Gasteiger partial charge < -0.3 is 5.43 Å². The van der Waals surface area contributed by atoms with Crippen molar-refractivity contribution in [3.05, 3.63) is 46.2 Å². The summed E-state index contributed by atoms with van der Waals surface area (Å²) in [7, 11) is -3.51. The van der Waals surface area contributed by atoms with Gasteiger partial charge in [-0.2, -0.15) is 0 Å². The zero-order chi connectivity index (χ0) is 15.5. The van der Waals surface area contributed by atoms with E-state index >= 15 is 0 Å². The van der Waals surface area contributed by atoms with E-state index in [9.17, 15) is 8.42 Å². The maximum absolute atomic E-state index is 12.3. The third-order valence-corrected chi connectivity index (χ3v) is 5.62. The number of hydrogen-bond acceptors (Lipinski definition) is 5. The van der Waals surface area contributed by atoms with E-state index in [1.54, 1.807) is 23.5 Å². The number of nitrogens with one attached hydrogen (secondary N) is 2. The molecule has 0 aliphatic rings. The first kappa shape index (κ1) is 16.0. The molecule has 2 aromatic rings. The van der Waals surface area contributed by atoms with E-state index in [-0.39, 0.29) is 10.9 Å². The Kier molecular flexibility index (Phi) is 5.00. The highest BCUT2D eigenvalue weighted by atomic mass is 32.2. The summed E-state index contributed by atoms with van der Waals surface area (Å²) in [6.07, 6.45) is 0.681. The number of thiophene rings is 1. The molecule has 1 unspecified atom stereocenters. The molecule has 1 atom stereocenters. The van der Waals surface area contributed by atoms with Crippen LogP contribution < -0.4 is 16.0 Å². The average Bonchev–Trinajstić information content (AvgIpc) is 2.83. The fraction of sp³-hybridized carbons (Fsp3) is 0.286. The van der Waals surface area contributed by atoms with E-state index in [0.29, 0.717) is 12.1 Å². The number of nitrogens with two attached hydrogens (primary N) is 1. The van der Waals surface area contributed by atoms with E-state index in [0.717, 1.165) is 0 Å². The largest absolute Gasteiger partial charge is 0.324 e. The van der Waals surface area contributed by atoms with Crippen molar-refractivity contribution in [2.24, 2.45) is 5.84 Å². The molecule has 1 heterocycles. The molecule has 1 aromatic heterocycles. The van der Waals surface area contributed by atoms with Crippen LogP contribution >= 0.6 is 11.3 Å². The maximum Gasteiger partial charge on any atom is 0.240 e. The highest BCUT2D eigenvalue weighted by Crippen LogP contribution is 2.18. The predicted molar refractivity (Wildman–Crippen MR) is 86.8 cm³/mol. The number of hydrazine groups is 1. The first-order valence-corrected chi connectivity index (χ1v) is 8.85. The number of aryl methyl sites for hydroxylation is 1. The van der Waals surface area contributed by atoms with Crippen molar-refractivity contribution >= 4 is 27.0 Å². The molecule has 114 valence electrons. The van der Waals surface area contributed by atoms with E-state index in [4.69, 9.17) is 5.84 Å². The molecule has 4 N–H and O–H groups in total. The van der Waals surface area contributed by atoms with Gasteiger partial charge in [0.05, 0.1) is 4.90 Å². The van der Waals surface area contributed by atoms with Gasteiger partial charge in [0, 0.05) is 21.5 Å². The van der Waals surface area contributed by atoms with Crippen LogP contribution in [0.4, 0.5) is 5.69 Å². The number of hydrogen-bond donors (Lipinski definition) is 3. The second-order valence-electron chi connectivity index (χ2n) is 4.91. The van der Waals surface area contributed by atoms with Gasteiger partial charge in [-0.1, -0.05) is 0 Å². The minimum Gasteiger partial charge on any atom is -0.324 e. The summed E-state index contributed by atoms with van der Waals surface area (Å²) in [6, 6.07) is 10.2. The highest BCUT2D eigenvalue weighted by Gasteiger charge is 2.17. The Labute approximate surface area is 129 Å². The number of benzene rings is 1. The highest BCUT2D eigenvalue weighted by molar-refractivity contribution is 7.89. The minimum atomic E-state index is -3.51. The van der Waals surface area contributed by atoms with Gasteiger partial charge in [0.15, 0.2) is 0 Å². The van der Waals surface area contributed by atoms with Crippen LogP contribution in [0.15, 0.2) is 41.3 Å². The standard InChI is InChI=1S/C14H19N3O2S2/c1-10(9-13-6-3-11(2)20-13)17-21(18,19)14-7-4-12(16-15)5-8-14/h3-8,10,16-17H,9,15H2,1-2H3. The van der Waals surface area contributed by atoms with Crippen LogP contribution in [0, 0.1) is 6.92 Å². The molecule has 0 bridgehead atoms. The Morgan fingerprint density at radius 1 is 1.19 bits per heavy atom. The summed E-state index contributed by atoms with van der Waals surface area (Å²) in [5.41, 5.74) is 3.13. The normalized spacial score (nSPS) is 13.1. The Bertz CT molecular complexity index is 693. The van der Waals surface area contributed by atoms with Crippen LogP contribution in [0.3, 0.4) is 0 Å². The number of nitrogen functional groups attached to an aromatic ring is 1. The Morgan fingerprint density at radius 2 is 1.86 bits per heavy atom. The molecule has 1 aromatic carbocycles. The van der Waals surface area contributed by atoms with Crippen molar-refractivity contribution in [2.45, 2.75) is 31.2 Å². The molecule has 0 aliphatic heterocycles. The van der Waals surface area contributed by atoms with Crippen LogP contribution in [0.5, 0.6) is 0 Å². The molecule has 21 heavy (non-hydrogen) atoms. The third-order valence-electron chi connectivity index (χ3n) is 2.99. The lowest BCUT2D eigenvalue weighted by Gasteiger charge is -2.13. The lowest BCUT2D eigenvalue weighted by Crippen LogP contribution is -2.33. The van der Waals surface area contributed by atoms with Gasteiger partial charge in [-0.05, 0) is 56.7 Å². The molecule has 2 rings (SSSR count). The fourth-order valence-corrected chi connectivity index (χ4v) is 4.26. The SMILES string of the molecule is Cc1ccc(CC(C)NS(=O)(=O)c2ccc(NN)cc2)s1. The topological polar surface area (TPSA) is 84.2 Å². The molecule has 0 saturated heterocycles. The summed E-state index contributed by atoms with van der Waals surface area (Å²) in [5, 5.41) is 0. The van der Waals surface area contributed by atoms with Gasteiger partial charge in [-0.25, -0.2) is 13.1 Å². The molecule has 0 radical (unpaired) electrons. The van der Waals surface area contributed by atoms with Crippen molar-refractivity contribution in [3.8, 4) is 0 Å². The first-order chi connectivity index (χ1) is 9.90. The summed E-state index contributed by atoms with van der Waals surface area (Å²) >= 11 is 1.69. The third kappa shape index (κ3) is 4.28. The Hall–Kier alpha value is -1.41. The molecule has 0 saturated carbocycles. The molecule has 5 nitrogen and oxygen atoms in total. The van der Waals surface area contributed by atoms with E-state index in [1.165, 1.54) is 21.9 Å². The van der Waals surface area contributed by atoms with Crippen molar-refractivity contribution in [2.75, 3.05) is 5.43 Å². The van der Waals surface area contributed by atoms with Crippen LogP contribution in [0.1, 0.15) is 16.7 Å². The Morgan fingerprint density at radius 3 is 2.38 bits per heavy atom. The fourth-order valence-electron chi connectivity index (χ4n) is 2.00. The molecule has 0 spiro atoms. The Balaban J connectivity index is 2.05. The molecular formula is C14H19N3O2S2. The van der Waals surface area contributed by atoms with Crippen LogP contribution in [-0.2, 0) is 16.4 Å². The van der Waals surface area contributed by atoms with Crippen molar-refractivity contribution in [1.82, 2.24) is 4.72 Å². The maximum atomic E-state index is 12.3. The zero-order valence-corrected chi connectivity index (χ0v) is 13.6. The monoisotopic (exact) mass is 325 g/mol. The van der Waals surface area contributed by atoms with Crippen molar-refractivity contribution in [3.63, 3.8) is 0 Å².